The predicted octanol–water partition coefficient (Wildman–Crippen LogP) is 4.41. The number of nitrogens with zero attached hydrogens (tertiary/aromatic N) is 1. The molecule has 0 amide bonds. The van der Waals surface area contributed by atoms with Crippen molar-refractivity contribution in [2.75, 3.05) is 5.32 Å². The van der Waals surface area contributed by atoms with Crippen LogP contribution in [-0.4, -0.2) is 4.98 Å². The number of pyridine rings is 1. The van der Waals surface area contributed by atoms with Gasteiger partial charge in [-0.3, -0.25) is 0 Å². The van der Waals surface area contributed by atoms with Crippen LogP contribution >= 0.6 is 43.2 Å². The minimum Gasteiger partial charge on any atom is -0.332 e. The molecule has 0 aliphatic heterocycles. The molecular weight excluding hydrogens is 328 g/mol. The number of anilines is 2. The molecule has 2 aromatic heterocycles. The first-order valence-electron chi connectivity index (χ1n) is 3.86. The van der Waals surface area contributed by atoms with Crippen molar-refractivity contribution >= 4 is 54.0 Å². The number of halogens is 2. The van der Waals surface area contributed by atoms with Gasteiger partial charge in [0.2, 0.25) is 0 Å². The van der Waals surface area contributed by atoms with E-state index in [1.54, 1.807) is 17.5 Å². The zero-order valence-electron chi connectivity index (χ0n) is 7.00. The molecule has 0 saturated heterocycles. The molecule has 0 spiro atoms. The molecule has 5 heteroatoms. The van der Waals surface area contributed by atoms with Gasteiger partial charge >= 0.3 is 0 Å². The van der Waals surface area contributed by atoms with Crippen LogP contribution in [0, 0.1) is 0 Å². The summed E-state index contributed by atoms with van der Waals surface area (Å²) < 4.78 is 2.07. The van der Waals surface area contributed by atoms with Crippen molar-refractivity contribution in [1.29, 1.82) is 0 Å². The lowest BCUT2D eigenvalue weighted by Gasteiger charge is -2.01. The van der Waals surface area contributed by atoms with Crippen molar-refractivity contribution in [3.05, 3.63) is 38.7 Å². The van der Waals surface area contributed by atoms with Gasteiger partial charge in [0, 0.05) is 20.5 Å². The molecule has 0 atom stereocenters. The van der Waals surface area contributed by atoms with Crippen LogP contribution in [0.25, 0.3) is 0 Å². The van der Waals surface area contributed by atoms with Gasteiger partial charge in [0.1, 0.15) is 5.82 Å². The summed E-state index contributed by atoms with van der Waals surface area (Å²) in [5.74, 6) is 0.850. The topological polar surface area (TPSA) is 24.9 Å². The van der Waals surface area contributed by atoms with Gasteiger partial charge in [0.05, 0.1) is 5.00 Å². The molecule has 0 radical (unpaired) electrons. The Labute approximate surface area is 103 Å². The van der Waals surface area contributed by atoms with Crippen LogP contribution in [0.1, 0.15) is 0 Å². The Morgan fingerprint density at radius 3 is 2.64 bits per heavy atom. The largest absolute Gasteiger partial charge is 0.332 e. The van der Waals surface area contributed by atoms with Crippen LogP contribution in [-0.2, 0) is 0 Å². The van der Waals surface area contributed by atoms with Crippen LogP contribution in [0.4, 0.5) is 10.8 Å². The SMILES string of the molecule is Brc1ccc(Nc2cc(Br)cs2)nc1. The Morgan fingerprint density at radius 2 is 2.07 bits per heavy atom. The first-order chi connectivity index (χ1) is 6.74. The molecule has 0 aromatic carbocycles. The Kier molecular flexibility index (Phi) is 3.20. The lowest BCUT2D eigenvalue weighted by atomic mass is 10.4. The highest BCUT2D eigenvalue weighted by molar-refractivity contribution is 9.10. The summed E-state index contributed by atoms with van der Waals surface area (Å²) in [6.45, 7) is 0. The molecule has 0 aliphatic carbocycles. The summed E-state index contributed by atoms with van der Waals surface area (Å²) in [4.78, 5) is 4.22. The van der Waals surface area contributed by atoms with E-state index in [2.05, 4.69) is 42.2 Å². The van der Waals surface area contributed by atoms with Crippen LogP contribution in [0.2, 0.25) is 0 Å². The predicted molar refractivity (Wildman–Crippen MR) is 67.2 cm³/mol. The molecule has 14 heavy (non-hydrogen) atoms. The smallest absolute Gasteiger partial charge is 0.130 e. The van der Waals surface area contributed by atoms with E-state index in [4.69, 9.17) is 0 Å². The third-order valence-electron chi connectivity index (χ3n) is 1.55. The maximum absolute atomic E-state index is 4.22. The van der Waals surface area contributed by atoms with E-state index in [-0.39, 0.29) is 0 Å². The van der Waals surface area contributed by atoms with Crippen molar-refractivity contribution in [2.24, 2.45) is 0 Å². The molecular formula is C9H6Br2N2S. The fourth-order valence-electron chi connectivity index (χ4n) is 0.955. The number of aromatic nitrogens is 1. The molecule has 0 fully saturated rings. The van der Waals surface area contributed by atoms with Crippen molar-refractivity contribution in [2.45, 2.75) is 0 Å². The summed E-state index contributed by atoms with van der Waals surface area (Å²) in [6.07, 6.45) is 1.77. The standard InChI is InChI=1S/C9H6Br2N2S/c10-6-1-2-8(12-4-6)13-9-3-7(11)5-14-9/h1-5H,(H,12,13). The van der Waals surface area contributed by atoms with Crippen LogP contribution in [0.5, 0.6) is 0 Å². The van der Waals surface area contributed by atoms with Gasteiger partial charge in [-0.15, -0.1) is 11.3 Å². The number of nitrogens with one attached hydrogen (secondary N) is 1. The number of hydrogen-bond acceptors (Lipinski definition) is 3. The van der Waals surface area contributed by atoms with Gasteiger partial charge < -0.3 is 5.32 Å². The maximum atomic E-state index is 4.22. The van der Waals surface area contributed by atoms with E-state index >= 15 is 0 Å². The molecule has 72 valence electrons. The molecule has 1 N–H and O–H groups in total. The first-order valence-corrected chi connectivity index (χ1v) is 6.33. The normalized spacial score (nSPS) is 10.1. The van der Waals surface area contributed by atoms with E-state index in [0.717, 1.165) is 19.8 Å². The summed E-state index contributed by atoms with van der Waals surface area (Å²) >= 11 is 8.38. The fourth-order valence-corrected chi connectivity index (χ4v) is 2.52. The zero-order valence-corrected chi connectivity index (χ0v) is 11.0. The average molecular weight is 334 g/mol. The Hall–Kier alpha value is -0.390. The third kappa shape index (κ3) is 2.56. The van der Waals surface area contributed by atoms with Crippen molar-refractivity contribution < 1.29 is 0 Å². The van der Waals surface area contributed by atoms with Crippen molar-refractivity contribution in [3.63, 3.8) is 0 Å². The minimum atomic E-state index is 0.850. The zero-order chi connectivity index (χ0) is 9.97. The minimum absolute atomic E-state index is 0.850. The van der Waals surface area contributed by atoms with E-state index in [1.807, 2.05) is 23.6 Å². The average Bonchev–Trinajstić information content (AvgIpc) is 2.56. The summed E-state index contributed by atoms with van der Waals surface area (Å²) in [7, 11) is 0. The molecule has 2 rings (SSSR count). The maximum Gasteiger partial charge on any atom is 0.130 e. The highest BCUT2D eigenvalue weighted by Crippen LogP contribution is 2.27. The third-order valence-corrected chi connectivity index (χ3v) is 3.62. The fraction of sp³-hybridized carbons (Fsp3) is 0. The van der Waals surface area contributed by atoms with E-state index in [0.29, 0.717) is 0 Å². The Balaban J connectivity index is 2.15. The Bertz CT molecular complexity index is 425. The van der Waals surface area contributed by atoms with Crippen LogP contribution < -0.4 is 5.32 Å². The lowest BCUT2D eigenvalue weighted by molar-refractivity contribution is 1.30. The second kappa shape index (κ2) is 4.42. The van der Waals surface area contributed by atoms with Gasteiger partial charge in [-0.05, 0) is 50.1 Å². The van der Waals surface area contributed by atoms with Gasteiger partial charge in [0.25, 0.3) is 0 Å². The van der Waals surface area contributed by atoms with Crippen LogP contribution in [0.15, 0.2) is 38.7 Å². The number of rotatable bonds is 2. The molecule has 2 nitrogen and oxygen atoms in total. The van der Waals surface area contributed by atoms with Crippen molar-refractivity contribution in [3.8, 4) is 0 Å². The lowest BCUT2D eigenvalue weighted by Crippen LogP contribution is -1.89. The number of thiophene rings is 1. The summed E-state index contributed by atoms with van der Waals surface area (Å²) in [6, 6.07) is 5.91. The van der Waals surface area contributed by atoms with E-state index in [9.17, 15) is 0 Å². The van der Waals surface area contributed by atoms with Gasteiger partial charge in [-0.1, -0.05) is 0 Å². The highest BCUT2D eigenvalue weighted by Gasteiger charge is 1.98. The highest BCUT2D eigenvalue weighted by atomic mass is 79.9. The second-order valence-corrected chi connectivity index (χ2v) is 5.36. The summed E-state index contributed by atoms with van der Waals surface area (Å²) in [5, 5.41) is 6.31. The quantitative estimate of drug-likeness (QED) is 0.880. The number of hydrogen-bond donors (Lipinski definition) is 1. The molecule has 2 heterocycles. The molecule has 0 bridgehead atoms. The van der Waals surface area contributed by atoms with E-state index < -0.39 is 0 Å². The van der Waals surface area contributed by atoms with Crippen molar-refractivity contribution in [1.82, 2.24) is 4.98 Å². The van der Waals surface area contributed by atoms with Gasteiger partial charge in [0.15, 0.2) is 0 Å². The van der Waals surface area contributed by atoms with Gasteiger partial charge in [-0.2, -0.15) is 0 Å². The first kappa shape index (κ1) is 10.1. The summed E-state index contributed by atoms with van der Waals surface area (Å²) in [5.41, 5.74) is 0. The van der Waals surface area contributed by atoms with Gasteiger partial charge in [-0.25, -0.2) is 4.98 Å². The molecule has 0 unspecified atom stereocenters. The molecule has 0 aliphatic rings. The van der Waals surface area contributed by atoms with E-state index in [1.165, 1.54) is 0 Å². The molecule has 0 saturated carbocycles. The monoisotopic (exact) mass is 332 g/mol. The van der Waals surface area contributed by atoms with Crippen LogP contribution in [0.3, 0.4) is 0 Å². The second-order valence-electron chi connectivity index (χ2n) is 2.62. The molecule has 2 aromatic rings. The Morgan fingerprint density at radius 1 is 1.21 bits per heavy atom.